The molecule has 0 aromatic carbocycles. The van der Waals surface area contributed by atoms with Crippen LogP contribution in [0.25, 0.3) is 0 Å². The second kappa shape index (κ2) is 2.86. The number of hydrogen-bond acceptors (Lipinski definition) is 2. The molecule has 0 radical (unpaired) electrons. The van der Waals surface area contributed by atoms with Crippen LogP contribution in [-0.4, -0.2) is 9.78 Å². The van der Waals surface area contributed by atoms with Crippen LogP contribution in [0.5, 0.6) is 0 Å². The molecule has 1 rings (SSSR count). The Morgan fingerprint density at radius 1 is 1.55 bits per heavy atom. The first kappa shape index (κ1) is 7.98. The largest absolute Gasteiger partial charge is 0.269 e. The number of aromatic nitrogens is 2. The molecule has 3 nitrogen and oxygen atoms in total. The summed E-state index contributed by atoms with van der Waals surface area (Å²) in [6.07, 6.45) is 1.72. The Morgan fingerprint density at radius 2 is 2.18 bits per heavy atom. The van der Waals surface area contributed by atoms with Gasteiger partial charge in [0, 0.05) is 12.1 Å². The highest BCUT2D eigenvalue weighted by Crippen LogP contribution is 1.95. The van der Waals surface area contributed by atoms with Crippen LogP contribution >= 0.6 is 0 Å². The summed E-state index contributed by atoms with van der Waals surface area (Å²) >= 11 is 0. The molecule has 3 heteroatoms. The van der Waals surface area contributed by atoms with Crippen molar-refractivity contribution in [1.29, 1.82) is 0 Å². The number of nitrogens with zero attached hydrogens (tertiary/aromatic N) is 2. The maximum absolute atomic E-state index is 11.3. The highest BCUT2D eigenvalue weighted by Gasteiger charge is 2.00. The summed E-state index contributed by atoms with van der Waals surface area (Å²) in [6.45, 7) is 6.26. The lowest BCUT2D eigenvalue weighted by Crippen LogP contribution is -2.24. The quantitative estimate of drug-likeness (QED) is 0.598. The maximum atomic E-state index is 11.3. The normalized spacial score (nSPS) is 10.1. The first-order valence-corrected chi connectivity index (χ1v) is 3.70. The third-order valence-electron chi connectivity index (χ3n) is 1.84. The topological polar surface area (TPSA) is 34.9 Å². The highest BCUT2D eigenvalue weighted by molar-refractivity contribution is 5.16. The van der Waals surface area contributed by atoms with Crippen molar-refractivity contribution in [3.05, 3.63) is 27.7 Å². The van der Waals surface area contributed by atoms with E-state index in [2.05, 4.69) is 5.10 Å². The smallest absolute Gasteiger partial charge is 0.268 e. The molecule has 0 saturated carbocycles. The van der Waals surface area contributed by atoms with Gasteiger partial charge in [0.05, 0.1) is 6.20 Å². The Bertz CT molecular complexity index is 314. The van der Waals surface area contributed by atoms with Crippen LogP contribution in [0.2, 0.25) is 0 Å². The molecular formula is C8H12N2O. The van der Waals surface area contributed by atoms with Crippen LogP contribution in [0.4, 0.5) is 0 Å². The van der Waals surface area contributed by atoms with Crippen molar-refractivity contribution in [3.8, 4) is 0 Å². The van der Waals surface area contributed by atoms with Gasteiger partial charge >= 0.3 is 0 Å². The predicted molar refractivity (Wildman–Crippen MR) is 43.6 cm³/mol. The van der Waals surface area contributed by atoms with Gasteiger partial charge in [-0.25, -0.2) is 4.68 Å². The van der Waals surface area contributed by atoms with Gasteiger partial charge in [-0.15, -0.1) is 0 Å². The van der Waals surface area contributed by atoms with Gasteiger partial charge in [0.2, 0.25) is 0 Å². The molecule has 0 spiro atoms. The van der Waals surface area contributed by atoms with Gasteiger partial charge in [-0.2, -0.15) is 5.10 Å². The molecular weight excluding hydrogens is 140 g/mol. The molecule has 0 atom stereocenters. The molecule has 0 aliphatic heterocycles. The minimum Gasteiger partial charge on any atom is -0.268 e. The molecule has 0 aliphatic rings. The third-order valence-corrected chi connectivity index (χ3v) is 1.84. The van der Waals surface area contributed by atoms with Crippen molar-refractivity contribution in [2.24, 2.45) is 0 Å². The zero-order valence-electron chi connectivity index (χ0n) is 7.09. The van der Waals surface area contributed by atoms with Crippen molar-refractivity contribution in [2.45, 2.75) is 27.3 Å². The molecule has 60 valence electrons. The van der Waals surface area contributed by atoms with Gasteiger partial charge < -0.3 is 0 Å². The summed E-state index contributed by atoms with van der Waals surface area (Å²) in [7, 11) is 0. The van der Waals surface area contributed by atoms with E-state index in [4.69, 9.17) is 0 Å². The lowest BCUT2D eigenvalue weighted by molar-refractivity contribution is 0.608. The molecule has 0 bridgehead atoms. The first-order valence-electron chi connectivity index (χ1n) is 3.70. The number of rotatable bonds is 1. The molecule has 1 aromatic heterocycles. The standard InChI is InChI=1S/C8H12N2O/c1-4-10-8(11)7(3)6(2)5-9-10/h5H,4H2,1-3H3. The highest BCUT2D eigenvalue weighted by atomic mass is 16.1. The zero-order chi connectivity index (χ0) is 8.43. The summed E-state index contributed by atoms with van der Waals surface area (Å²) < 4.78 is 1.46. The van der Waals surface area contributed by atoms with E-state index in [0.29, 0.717) is 6.54 Å². The van der Waals surface area contributed by atoms with Gasteiger partial charge in [0.25, 0.3) is 5.56 Å². The van der Waals surface area contributed by atoms with Crippen LogP contribution < -0.4 is 5.56 Å². The van der Waals surface area contributed by atoms with E-state index in [-0.39, 0.29) is 5.56 Å². The fourth-order valence-corrected chi connectivity index (χ4v) is 0.893. The van der Waals surface area contributed by atoms with Crippen molar-refractivity contribution in [1.82, 2.24) is 9.78 Å². The molecule has 1 aromatic rings. The second-order valence-electron chi connectivity index (χ2n) is 2.57. The van der Waals surface area contributed by atoms with E-state index in [0.717, 1.165) is 11.1 Å². The fraction of sp³-hybridized carbons (Fsp3) is 0.500. The van der Waals surface area contributed by atoms with E-state index >= 15 is 0 Å². The molecule has 11 heavy (non-hydrogen) atoms. The summed E-state index contributed by atoms with van der Waals surface area (Å²) in [4.78, 5) is 11.3. The van der Waals surface area contributed by atoms with E-state index in [9.17, 15) is 4.79 Å². The van der Waals surface area contributed by atoms with Crippen molar-refractivity contribution in [3.63, 3.8) is 0 Å². The third kappa shape index (κ3) is 1.31. The summed E-state index contributed by atoms with van der Waals surface area (Å²) in [6, 6.07) is 0. The fourth-order valence-electron chi connectivity index (χ4n) is 0.893. The Balaban J connectivity index is 3.37. The van der Waals surface area contributed by atoms with Crippen LogP contribution in [0, 0.1) is 13.8 Å². The molecule has 0 amide bonds. The van der Waals surface area contributed by atoms with Crippen LogP contribution in [0.3, 0.4) is 0 Å². The van der Waals surface area contributed by atoms with Gasteiger partial charge in [-0.3, -0.25) is 4.79 Å². The van der Waals surface area contributed by atoms with Crippen molar-refractivity contribution >= 4 is 0 Å². The van der Waals surface area contributed by atoms with E-state index in [1.807, 2.05) is 20.8 Å². The Labute approximate surface area is 65.7 Å². The van der Waals surface area contributed by atoms with Gasteiger partial charge in [0.15, 0.2) is 0 Å². The number of hydrogen-bond donors (Lipinski definition) is 0. The van der Waals surface area contributed by atoms with Crippen LogP contribution in [-0.2, 0) is 6.54 Å². The number of aryl methyl sites for hydroxylation is 2. The van der Waals surface area contributed by atoms with Gasteiger partial charge in [-0.05, 0) is 26.3 Å². The average Bonchev–Trinajstić information content (AvgIpc) is 2.01. The van der Waals surface area contributed by atoms with Crippen LogP contribution in [0.15, 0.2) is 11.0 Å². The SMILES string of the molecule is CCn1ncc(C)c(C)c1=O. The molecule has 0 N–H and O–H groups in total. The average molecular weight is 152 g/mol. The molecule has 1 heterocycles. The Morgan fingerprint density at radius 3 is 2.73 bits per heavy atom. The summed E-state index contributed by atoms with van der Waals surface area (Å²) in [5.41, 5.74) is 1.77. The van der Waals surface area contributed by atoms with Gasteiger partial charge in [-0.1, -0.05) is 0 Å². The zero-order valence-corrected chi connectivity index (χ0v) is 7.09. The molecule has 0 saturated heterocycles. The van der Waals surface area contributed by atoms with E-state index < -0.39 is 0 Å². The second-order valence-corrected chi connectivity index (χ2v) is 2.57. The van der Waals surface area contributed by atoms with Gasteiger partial charge in [0.1, 0.15) is 0 Å². The Hall–Kier alpha value is -1.12. The molecule has 0 aliphatic carbocycles. The lowest BCUT2D eigenvalue weighted by Gasteiger charge is -2.02. The summed E-state index contributed by atoms with van der Waals surface area (Å²) in [5, 5.41) is 3.96. The first-order chi connectivity index (χ1) is 5.16. The van der Waals surface area contributed by atoms with E-state index in [1.165, 1.54) is 4.68 Å². The van der Waals surface area contributed by atoms with E-state index in [1.54, 1.807) is 6.20 Å². The maximum Gasteiger partial charge on any atom is 0.269 e. The Kier molecular flexibility index (Phi) is 2.08. The lowest BCUT2D eigenvalue weighted by atomic mass is 10.2. The monoisotopic (exact) mass is 152 g/mol. The predicted octanol–water partition coefficient (Wildman–Crippen LogP) is 0.880. The minimum absolute atomic E-state index is 0.0208. The molecule has 0 unspecified atom stereocenters. The minimum atomic E-state index is 0.0208. The summed E-state index contributed by atoms with van der Waals surface area (Å²) in [5.74, 6) is 0. The van der Waals surface area contributed by atoms with Crippen LogP contribution in [0.1, 0.15) is 18.1 Å². The molecule has 0 fully saturated rings. The van der Waals surface area contributed by atoms with Crippen molar-refractivity contribution in [2.75, 3.05) is 0 Å². The van der Waals surface area contributed by atoms with Crippen molar-refractivity contribution < 1.29 is 0 Å².